The Morgan fingerprint density at radius 2 is 1.88 bits per heavy atom. The van der Waals surface area contributed by atoms with Gasteiger partial charge in [-0.3, -0.25) is 4.79 Å². The lowest BCUT2D eigenvalue weighted by Crippen LogP contribution is -2.50. The van der Waals surface area contributed by atoms with Crippen LogP contribution in [-0.2, 0) is 11.3 Å². The van der Waals surface area contributed by atoms with Crippen LogP contribution in [0.25, 0.3) is 11.1 Å². The SMILES string of the molecule is O=C1CN(c2nc3ccccc3o2)CCN1Cc1ccc(F)cc1. The Kier molecular flexibility index (Phi) is 3.65. The highest BCUT2D eigenvalue weighted by molar-refractivity contribution is 5.83. The Labute approximate surface area is 138 Å². The second kappa shape index (κ2) is 5.96. The number of halogens is 1. The molecule has 24 heavy (non-hydrogen) atoms. The summed E-state index contributed by atoms with van der Waals surface area (Å²) in [6, 6.07) is 14.2. The smallest absolute Gasteiger partial charge is 0.298 e. The third-order valence-electron chi connectivity index (χ3n) is 4.16. The van der Waals surface area contributed by atoms with Gasteiger partial charge in [0.2, 0.25) is 5.91 Å². The fourth-order valence-electron chi connectivity index (χ4n) is 2.84. The molecule has 1 fully saturated rings. The number of carbonyl (C=O) groups excluding carboxylic acids is 1. The van der Waals surface area contributed by atoms with Crippen molar-refractivity contribution in [3.05, 3.63) is 59.9 Å². The van der Waals surface area contributed by atoms with Crippen LogP contribution in [0.3, 0.4) is 0 Å². The van der Waals surface area contributed by atoms with Gasteiger partial charge in [-0.25, -0.2) is 4.39 Å². The van der Waals surface area contributed by atoms with E-state index in [4.69, 9.17) is 4.42 Å². The zero-order valence-electron chi connectivity index (χ0n) is 13.0. The highest BCUT2D eigenvalue weighted by atomic mass is 19.1. The predicted molar refractivity (Wildman–Crippen MR) is 88.0 cm³/mol. The van der Waals surface area contributed by atoms with Crippen LogP contribution in [-0.4, -0.2) is 35.4 Å². The number of benzene rings is 2. The summed E-state index contributed by atoms with van der Waals surface area (Å²) in [5, 5.41) is 0. The van der Waals surface area contributed by atoms with Gasteiger partial charge < -0.3 is 14.2 Å². The van der Waals surface area contributed by atoms with E-state index in [0.717, 1.165) is 11.1 Å². The van der Waals surface area contributed by atoms with Crippen molar-refractivity contribution in [2.45, 2.75) is 6.54 Å². The van der Waals surface area contributed by atoms with Gasteiger partial charge in [-0.15, -0.1) is 0 Å². The number of nitrogens with zero attached hydrogens (tertiary/aromatic N) is 3. The van der Waals surface area contributed by atoms with Gasteiger partial charge in [-0.05, 0) is 29.8 Å². The minimum Gasteiger partial charge on any atom is -0.423 e. The summed E-state index contributed by atoms with van der Waals surface area (Å²) in [4.78, 5) is 20.5. The Bertz CT molecular complexity index is 842. The fraction of sp³-hybridized carbons (Fsp3) is 0.222. The number of hydrogen-bond donors (Lipinski definition) is 0. The van der Waals surface area contributed by atoms with Crippen LogP contribution in [0.2, 0.25) is 0 Å². The molecule has 122 valence electrons. The molecule has 0 aliphatic carbocycles. The van der Waals surface area contributed by atoms with Gasteiger partial charge in [0, 0.05) is 19.6 Å². The molecule has 0 bridgehead atoms. The molecule has 1 aliphatic heterocycles. The zero-order chi connectivity index (χ0) is 16.5. The summed E-state index contributed by atoms with van der Waals surface area (Å²) in [5.74, 6) is -0.265. The van der Waals surface area contributed by atoms with Crippen LogP contribution < -0.4 is 4.90 Å². The number of hydrogen-bond acceptors (Lipinski definition) is 4. The van der Waals surface area contributed by atoms with Crippen LogP contribution >= 0.6 is 0 Å². The van der Waals surface area contributed by atoms with Crippen LogP contribution in [0.4, 0.5) is 10.4 Å². The first kappa shape index (κ1) is 14.7. The molecule has 5 nitrogen and oxygen atoms in total. The number of aromatic nitrogens is 1. The molecule has 1 amide bonds. The average Bonchev–Trinajstić information content (AvgIpc) is 3.03. The molecule has 1 saturated heterocycles. The normalized spacial score (nSPS) is 15.3. The van der Waals surface area contributed by atoms with Crippen LogP contribution in [0.1, 0.15) is 5.56 Å². The first-order valence-corrected chi connectivity index (χ1v) is 7.82. The van der Waals surface area contributed by atoms with Gasteiger partial charge in [-0.2, -0.15) is 4.98 Å². The number of fused-ring (bicyclic) bond motifs is 1. The quantitative estimate of drug-likeness (QED) is 0.743. The lowest BCUT2D eigenvalue weighted by atomic mass is 10.2. The summed E-state index contributed by atoms with van der Waals surface area (Å²) in [7, 11) is 0. The predicted octanol–water partition coefficient (Wildman–Crippen LogP) is 2.82. The summed E-state index contributed by atoms with van der Waals surface area (Å²) >= 11 is 0. The van der Waals surface area contributed by atoms with Gasteiger partial charge in [-0.1, -0.05) is 24.3 Å². The Hall–Kier alpha value is -2.89. The lowest BCUT2D eigenvalue weighted by molar-refractivity contribution is -0.131. The molecule has 6 heteroatoms. The summed E-state index contributed by atoms with van der Waals surface area (Å²) in [6.45, 7) is 1.95. The van der Waals surface area contributed by atoms with E-state index in [9.17, 15) is 9.18 Å². The van der Waals surface area contributed by atoms with E-state index in [1.165, 1.54) is 12.1 Å². The van der Waals surface area contributed by atoms with E-state index in [1.807, 2.05) is 29.2 Å². The van der Waals surface area contributed by atoms with E-state index >= 15 is 0 Å². The van der Waals surface area contributed by atoms with Crippen molar-refractivity contribution < 1.29 is 13.6 Å². The third-order valence-corrected chi connectivity index (χ3v) is 4.16. The van der Waals surface area contributed by atoms with Crippen molar-refractivity contribution in [2.75, 3.05) is 24.5 Å². The number of oxazole rings is 1. The monoisotopic (exact) mass is 325 g/mol. The minimum absolute atomic E-state index is 0.00725. The van der Waals surface area contributed by atoms with Gasteiger partial charge >= 0.3 is 0 Å². The number of amides is 1. The van der Waals surface area contributed by atoms with Crippen molar-refractivity contribution in [3.8, 4) is 0 Å². The molecule has 1 aliphatic rings. The van der Waals surface area contributed by atoms with Crippen LogP contribution in [0.5, 0.6) is 0 Å². The second-order valence-corrected chi connectivity index (χ2v) is 5.83. The standard InChI is InChI=1S/C18H16FN3O2/c19-14-7-5-13(6-8-14)11-21-9-10-22(12-17(21)23)18-20-15-3-1-2-4-16(15)24-18/h1-8H,9-12H2. The Balaban J connectivity index is 1.46. The Morgan fingerprint density at radius 1 is 1.08 bits per heavy atom. The molecule has 0 radical (unpaired) electrons. The van der Waals surface area contributed by atoms with E-state index in [2.05, 4.69) is 4.98 Å². The summed E-state index contributed by atoms with van der Waals surface area (Å²) < 4.78 is 18.7. The molecule has 3 aromatic rings. The van der Waals surface area contributed by atoms with Crippen molar-refractivity contribution in [1.82, 2.24) is 9.88 Å². The zero-order valence-corrected chi connectivity index (χ0v) is 13.0. The molecular formula is C18H16FN3O2. The van der Waals surface area contributed by atoms with Crippen LogP contribution in [0, 0.1) is 5.82 Å². The van der Waals surface area contributed by atoms with Crippen molar-refractivity contribution in [3.63, 3.8) is 0 Å². The highest BCUT2D eigenvalue weighted by Gasteiger charge is 2.26. The van der Waals surface area contributed by atoms with Crippen LogP contribution in [0.15, 0.2) is 52.9 Å². The average molecular weight is 325 g/mol. The fourth-order valence-corrected chi connectivity index (χ4v) is 2.84. The molecular weight excluding hydrogens is 309 g/mol. The number of para-hydroxylation sites is 2. The molecule has 0 atom stereocenters. The van der Waals surface area contributed by atoms with Crippen molar-refractivity contribution >= 4 is 23.0 Å². The number of anilines is 1. The number of carbonyl (C=O) groups is 1. The first-order chi connectivity index (χ1) is 11.7. The molecule has 4 rings (SSSR count). The molecule has 0 saturated carbocycles. The maximum absolute atomic E-state index is 13.0. The van der Waals surface area contributed by atoms with E-state index in [0.29, 0.717) is 31.2 Å². The summed E-state index contributed by atoms with van der Waals surface area (Å²) in [5.41, 5.74) is 2.42. The van der Waals surface area contributed by atoms with Gasteiger partial charge in [0.05, 0.1) is 0 Å². The van der Waals surface area contributed by atoms with Crippen molar-refractivity contribution in [2.24, 2.45) is 0 Å². The maximum atomic E-state index is 13.0. The number of rotatable bonds is 3. The molecule has 0 unspecified atom stereocenters. The largest absolute Gasteiger partial charge is 0.423 e. The lowest BCUT2D eigenvalue weighted by Gasteiger charge is -2.33. The third kappa shape index (κ3) is 2.82. The second-order valence-electron chi connectivity index (χ2n) is 5.83. The maximum Gasteiger partial charge on any atom is 0.298 e. The van der Waals surface area contributed by atoms with E-state index in [1.54, 1.807) is 17.0 Å². The van der Waals surface area contributed by atoms with Gasteiger partial charge in [0.15, 0.2) is 5.58 Å². The molecule has 2 heterocycles. The number of piperazine rings is 1. The van der Waals surface area contributed by atoms with Crippen molar-refractivity contribution in [1.29, 1.82) is 0 Å². The summed E-state index contributed by atoms with van der Waals surface area (Å²) in [6.07, 6.45) is 0. The first-order valence-electron chi connectivity index (χ1n) is 7.82. The van der Waals surface area contributed by atoms with E-state index < -0.39 is 0 Å². The molecule has 0 N–H and O–H groups in total. The highest BCUT2D eigenvalue weighted by Crippen LogP contribution is 2.23. The van der Waals surface area contributed by atoms with Gasteiger partial charge in [0.25, 0.3) is 6.01 Å². The molecule has 0 spiro atoms. The molecule has 2 aromatic carbocycles. The Morgan fingerprint density at radius 3 is 2.62 bits per heavy atom. The molecule has 1 aromatic heterocycles. The van der Waals surface area contributed by atoms with Gasteiger partial charge in [0.1, 0.15) is 17.9 Å². The topological polar surface area (TPSA) is 49.6 Å². The minimum atomic E-state index is -0.272. The van der Waals surface area contributed by atoms with E-state index in [-0.39, 0.29) is 18.3 Å².